The van der Waals surface area contributed by atoms with E-state index in [0.29, 0.717) is 24.5 Å². The highest BCUT2D eigenvalue weighted by molar-refractivity contribution is 7.12. The summed E-state index contributed by atoms with van der Waals surface area (Å²) in [6, 6.07) is 17.5. The molecule has 0 atom stereocenters. The van der Waals surface area contributed by atoms with Crippen LogP contribution in [0.3, 0.4) is 0 Å². The molecule has 2 heterocycles. The van der Waals surface area contributed by atoms with E-state index in [-0.39, 0.29) is 23.8 Å². The van der Waals surface area contributed by atoms with E-state index in [1.165, 1.54) is 22.5 Å². The summed E-state index contributed by atoms with van der Waals surface area (Å²) < 4.78 is 5.65. The normalized spacial score (nSPS) is 13.4. The van der Waals surface area contributed by atoms with Crippen molar-refractivity contribution in [1.82, 2.24) is 4.90 Å². The number of benzene rings is 2. The first-order valence-electron chi connectivity index (χ1n) is 10.8. The molecular weight excluding hydrogens is 420 g/mol. The van der Waals surface area contributed by atoms with Gasteiger partial charge in [-0.3, -0.25) is 9.59 Å². The van der Waals surface area contributed by atoms with Crippen LogP contribution in [0, 0.1) is 0 Å². The number of hydrogen-bond acceptors (Lipinski definition) is 4. The molecule has 1 aromatic heterocycles. The lowest BCUT2D eigenvalue weighted by atomic mass is 9.87. The molecule has 0 aliphatic carbocycles. The monoisotopic (exact) mass is 448 g/mol. The first-order valence-corrected chi connectivity index (χ1v) is 11.7. The van der Waals surface area contributed by atoms with Gasteiger partial charge < -0.3 is 15.0 Å². The summed E-state index contributed by atoms with van der Waals surface area (Å²) in [6.07, 6.45) is 0.814. The van der Waals surface area contributed by atoms with Crippen molar-refractivity contribution in [3.8, 4) is 5.75 Å². The average molecular weight is 449 g/mol. The van der Waals surface area contributed by atoms with E-state index >= 15 is 0 Å². The number of carbonyl (C=O) groups is 2. The molecule has 1 aliphatic rings. The van der Waals surface area contributed by atoms with Crippen LogP contribution in [0.4, 0.5) is 5.69 Å². The van der Waals surface area contributed by atoms with Crippen molar-refractivity contribution < 1.29 is 14.3 Å². The predicted molar refractivity (Wildman–Crippen MR) is 128 cm³/mol. The van der Waals surface area contributed by atoms with E-state index in [1.807, 2.05) is 64.9 Å². The van der Waals surface area contributed by atoms with Crippen molar-refractivity contribution in [2.75, 3.05) is 18.5 Å². The Hall–Kier alpha value is -3.12. The summed E-state index contributed by atoms with van der Waals surface area (Å²) in [5.41, 5.74) is 4.29. The maximum atomic E-state index is 12.7. The van der Waals surface area contributed by atoms with E-state index in [4.69, 9.17) is 4.74 Å². The Balaban J connectivity index is 1.34. The molecular formula is C26H28N2O3S. The van der Waals surface area contributed by atoms with Crippen LogP contribution < -0.4 is 10.1 Å². The van der Waals surface area contributed by atoms with Gasteiger partial charge in [-0.25, -0.2) is 0 Å². The molecule has 0 spiro atoms. The van der Waals surface area contributed by atoms with Crippen LogP contribution in [0.15, 0.2) is 60.0 Å². The molecule has 5 nitrogen and oxygen atoms in total. The third-order valence-electron chi connectivity index (χ3n) is 5.61. The fourth-order valence-electron chi connectivity index (χ4n) is 3.76. The Morgan fingerprint density at radius 3 is 2.53 bits per heavy atom. The van der Waals surface area contributed by atoms with Gasteiger partial charge in [0.2, 0.25) is 0 Å². The van der Waals surface area contributed by atoms with Crippen molar-refractivity contribution in [3.63, 3.8) is 0 Å². The van der Waals surface area contributed by atoms with E-state index in [0.717, 1.165) is 16.9 Å². The number of nitrogens with one attached hydrogen (secondary N) is 1. The highest BCUT2D eigenvalue weighted by atomic mass is 32.1. The number of ether oxygens (including phenoxy) is 1. The van der Waals surface area contributed by atoms with E-state index in [2.05, 4.69) is 26.1 Å². The predicted octanol–water partition coefficient (Wildman–Crippen LogP) is 5.26. The Labute approximate surface area is 193 Å². The van der Waals surface area contributed by atoms with Crippen LogP contribution in [-0.2, 0) is 23.2 Å². The molecule has 4 rings (SSSR count). The Kier molecular flexibility index (Phi) is 6.33. The zero-order valence-corrected chi connectivity index (χ0v) is 19.5. The minimum Gasteiger partial charge on any atom is -0.484 e. The lowest BCUT2D eigenvalue weighted by molar-refractivity contribution is -0.118. The second-order valence-corrected chi connectivity index (χ2v) is 10.00. The van der Waals surface area contributed by atoms with Gasteiger partial charge in [-0.1, -0.05) is 45.0 Å². The molecule has 2 aromatic carbocycles. The van der Waals surface area contributed by atoms with Gasteiger partial charge in [0.1, 0.15) is 5.75 Å². The first-order chi connectivity index (χ1) is 15.3. The Morgan fingerprint density at radius 1 is 1.06 bits per heavy atom. The molecule has 0 bridgehead atoms. The number of carbonyl (C=O) groups excluding carboxylic acids is 2. The molecule has 3 aromatic rings. The fraction of sp³-hybridized carbons (Fsp3) is 0.308. The minimum absolute atomic E-state index is 0.0606. The van der Waals surface area contributed by atoms with Crippen LogP contribution in [0.25, 0.3) is 0 Å². The lowest BCUT2D eigenvalue weighted by Gasteiger charge is -2.29. The van der Waals surface area contributed by atoms with Crippen molar-refractivity contribution in [3.05, 3.63) is 81.5 Å². The number of hydrogen-bond donors (Lipinski definition) is 1. The maximum Gasteiger partial charge on any atom is 0.264 e. The van der Waals surface area contributed by atoms with Gasteiger partial charge in [0.05, 0.1) is 4.88 Å². The SMILES string of the molecule is CC(C)(C)c1ccc(OCC(=O)Nc2ccc3c(c2)CN(C(=O)c2cccs2)CC3)cc1. The van der Waals surface area contributed by atoms with Gasteiger partial charge in [-0.05, 0) is 64.2 Å². The molecule has 32 heavy (non-hydrogen) atoms. The zero-order chi connectivity index (χ0) is 22.7. The smallest absolute Gasteiger partial charge is 0.264 e. The van der Waals surface area contributed by atoms with Crippen molar-refractivity contribution in [2.45, 2.75) is 39.2 Å². The topological polar surface area (TPSA) is 58.6 Å². The van der Waals surface area contributed by atoms with E-state index in [9.17, 15) is 9.59 Å². The number of anilines is 1. The van der Waals surface area contributed by atoms with Crippen molar-refractivity contribution >= 4 is 28.8 Å². The third-order valence-corrected chi connectivity index (χ3v) is 6.47. The number of amides is 2. The number of nitrogens with zero attached hydrogens (tertiary/aromatic N) is 1. The van der Waals surface area contributed by atoms with Gasteiger partial charge in [0.25, 0.3) is 11.8 Å². The average Bonchev–Trinajstić information content (AvgIpc) is 3.31. The van der Waals surface area contributed by atoms with Gasteiger partial charge in [0.15, 0.2) is 6.61 Å². The summed E-state index contributed by atoms with van der Waals surface area (Å²) >= 11 is 1.46. The first kappa shape index (κ1) is 22.1. The molecule has 2 amide bonds. The molecule has 166 valence electrons. The molecule has 0 saturated carbocycles. The highest BCUT2D eigenvalue weighted by Crippen LogP contribution is 2.26. The summed E-state index contributed by atoms with van der Waals surface area (Å²) in [6.45, 7) is 7.67. The summed E-state index contributed by atoms with van der Waals surface area (Å²) in [5, 5.41) is 4.82. The van der Waals surface area contributed by atoms with Crippen LogP contribution in [-0.4, -0.2) is 29.9 Å². The van der Waals surface area contributed by atoms with Crippen molar-refractivity contribution in [2.24, 2.45) is 0 Å². The van der Waals surface area contributed by atoms with Gasteiger partial charge in [-0.2, -0.15) is 0 Å². The van der Waals surface area contributed by atoms with E-state index < -0.39 is 0 Å². The maximum absolute atomic E-state index is 12.7. The molecule has 1 aliphatic heterocycles. The molecule has 6 heteroatoms. The van der Waals surface area contributed by atoms with Gasteiger partial charge in [-0.15, -0.1) is 11.3 Å². The largest absolute Gasteiger partial charge is 0.484 e. The van der Waals surface area contributed by atoms with Crippen LogP contribution in [0.1, 0.15) is 47.1 Å². The second kappa shape index (κ2) is 9.17. The van der Waals surface area contributed by atoms with E-state index in [1.54, 1.807) is 0 Å². The summed E-state index contributed by atoms with van der Waals surface area (Å²) in [4.78, 5) is 27.7. The quantitative estimate of drug-likeness (QED) is 0.579. The molecule has 0 fully saturated rings. The molecule has 1 N–H and O–H groups in total. The number of thiophene rings is 1. The minimum atomic E-state index is -0.216. The molecule has 0 radical (unpaired) electrons. The van der Waals surface area contributed by atoms with Crippen LogP contribution in [0.5, 0.6) is 5.75 Å². The van der Waals surface area contributed by atoms with Crippen LogP contribution >= 0.6 is 11.3 Å². The van der Waals surface area contributed by atoms with Crippen molar-refractivity contribution in [1.29, 1.82) is 0 Å². The number of rotatable bonds is 5. The summed E-state index contributed by atoms with van der Waals surface area (Å²) in [7, 11) is 0. The van der Waals surface area contributed by atoms with Crippen LogP contribution in [0.2, 0.25) is 0 Å². The van der Waals surface area contributed by atoms with Gasteiger partial charge >= 0.3 is 0 Å². The zero-order valence-electron chi connectivity index (χ0n) is 18.7. The third kappa shape index (κ3) is 5.19. The number of fused-ring (bicyclic) bond motifs is 1. The standard InChI is InChI=1S/C26H28N2O3S/c1-26(2,3)20-7-10-22(11-8-20)31-17-24(29)27-21-9-6-18-12-13-28(16-19(18)15-21)25(30)23-5-4-14-32-23/h4-11,14-15H,12-13,16-17H2,1-3H3,(H,27,29). The highest BCUT2D eigenvalue weighted by Gasteiger charge is 2.22. The second-order valence-electron chi connectivity index (χ2n) is 9.05. The Bertz CT molecular complexity index is 1100. The Morgan fingerprint density at radius 2 is 1.84 bits per heavy atom. The molecule has 0 unspecified atom stereocenters. The van der Waals surface area contributed by atoms with Gasteiger partial charge in [0, 0.05) is 18.8 Å². The lowest BCUT2D eigenvalue weighted by Crippen LogP contribution is -2.35. The summed E-state index contributed by atoms with van der Waals surface area (Å²) in [5.74, 6) is 0.513. The molecule has 0 saturated heterocycles. The fourth-order valence-corrected chi connectivity index (χ4v) is 4.45.